The van der Waals surface area contributed by atoms with E-state index in [0.717, 1.165) is 18.7 Å². The number of carbonyl (C=O) groups excluding carboxylic acids is 16. The number of carbonyl (C=O) groups is 17. The quantitative estimate of drug-likeness (QED) is 0.0127. The molecule has 16 amide bonds. The van der Waals surface area contributed by atoms with E-state index in [1.54, 1.807) is 27.7 Å². The summed E-state index contributed by atoms with van der Waals surface area (Å²) in [6, 6.07) is -15.3. The van der Waals surface area contributed by atoms with Gasteiger partial charge in [-0.25, -0.2) is 4.79 Å². The number of phenols is 2. The van der Waals surface area contributed by atoms with E-state index in [9.17, 15) is 112 Å². The van der Waals surface area contributed by atoms with Crippen LogP contribution in [-0.4, -0.2) is 319 Å². The van der Waals surface area contributed by atoms with Crippen LogP contribution in [0.3, 0.4) is 0 Å². The number of likely N-dealkylation sites (tertiary alicyclic amines) is 1. The van der Waals surface area contributed by atoms with Gasteiger partial charge in [0.05, 0.1) is 30.8 Å². The first kappa shape index (κ1) is 117. The van der Waals surface area contributed by atoms with Crippen LogP contribution in [-0.2, 0) is 94.3 Å². The second-order valence-electron chi connectivity index (χ2n) is 33.8. The Labute approximate surface area is 792 Å². The predicted molar refractivity (Wildman–Crippen MR) is 498 cm³/mol. The summed E-state index contributed by atoms with van der Waals surface area (Å²) in [5, 5.41) is 117. The van der Waals surface area contributed by atoms with Crippen molar-refractivity contribution in [3.63, 3.8) is 0 Å². The highest BCUT2D eigenvalue weighted by atomic mass is 32.1. The number of thiol groups is 2. The number of β-amino-alcohol motifs (C(OH)–C–C–N with tert-alkyl or cyclic N) is 1. The highest BCUT2D eigenvalue weighted by Crippen LogP contribution is 2.24. The van der Waals surface area contributed by atoms with Gasteiger partial charge in [-0.3, -0.25) is 87.5 Å². The van der Waals surface area contributed by atoms with Crippen molar-refractivity contribution in [1.82, 2.24) is 90.0 Å². The van der Waals surface area contributed by atoms with E-state index in [4.69, 9.17) is 56.7 Å². The molecule has 2 aromatic rings. The fourth-order valence-electron chi connectivity index (χ4n) is 13.7. The van der Waals surface area contributed by atoms with Crippen molar-refractivity contribution in [2.24, 2.45) is 57.7 Å². The number of carboxylic acid groups (broad SMARTS) is 1. The zero-order chi connectivity index (χ0) is 102. The minimum atomic E-state index is -2.01. The minimum absolute atomic E-state index is 0.0395. The third kappa shape index (κ3) is 40.2. The third-order valence-electron chi connectivity index (χ3n) is 21.8. The first-order valence-electron chi connectivity index (χ1n) is 44.1. The van der Waals surface area contributed by atoms with Crippen molar-refractivity contribution in [3.05, 3.63) is 59.7 Å². The molecule has 0 spiro atoms. The Morgan fingerprint density at radius 2 is 0.830 bits per heavy atom. The number of aliphatic hydroxyl groups excluding tert-OH is 3. The van der Waals surface area contributed by atoms with Crippen LogP contribution >= 0.6 is 25.3 Å². The zero-order valence-corrected chi connectivity index (χ0v) is 78.7. The normalized spacial score (nSPS) is 17.0. The average molecular weight is 1950 g/mol. The molecule has 3 rings (SSSR count). The molecule has 1 fully saturated rings. The molecule has 0 bridgehead atoms. The Bertz CT molecular complexity index is 4350. The van der Waals surface area contributed by atoms with E-state index >= 15 is 0 Å². The number of guanidine groups is 2. The van der Waals surface area contributed by atoms with Crippen LogP contribution in [0.25, 0.3) is 0 Å². The Balaban J connectivity index is 1.91. The van der Waals surface area contributed by atoms with E-state index in [0.29, 0.717) is 12.0 Å². The first-order valence-corrected chi connectivity index (χ1v) is 45.2. The topological polar surface area (TPSA) is 863 Å². The maximum absolute atomic E-state index is 14.8. The summed E-state index contributed by atoms with van der Waals surface area (Å²) in [6.45, 7) is 10.1. The summed E-state index contributed by atoms with van der Waals surface area (Å²) in [5.41, 5.74) is 47.0. The van der Waals surface area contributed by atoms with E-state index in [-0.39, 0.29) is 126 Å². The van der Waals surface area contributed by atoms with Crippen LogP contribution in [0.2, 0.25) is 0 Å². The molecule has 0 aliphatic carbocycles. The molecule has 40 N–H and O–H groups in total. The second kappa shape index (κ2) is 58.3. The summed E-state index contributed by atoms with van der Waals surface area (Å²) in [7, 11) is 0. The maximum atomic E-state index is 14.8. The van der Waals surface area contributed by atoms with Gasteiger partial charge in [-0.15, -0.1) is 0 Å². The summed E-state index contributed by atoms with van der Waals surface area (Å²) in [5.74, 6) is -21.3. The van der Waals surface area contributed by atoms with Crippen molar-refractivity contribution in [1.29, 1.82) is 10.8 Å². The lowest BCUT2D eigenvalue weighted by Gasteiger charge is -2.33. The van der Waals surface area contributed by atoms with E-state index in [1.807, 2.05) is 0 Å². The molecule has 1 aliphatic rings. The van der Waals surface area contributed by atoms with Crippen molar-refractivity contribution in [3.8, 4) is 11.5 Å². The number of aromatic hydroxyl groups is 2. The molecule has 2 aromatic carbocycles. The molecule has 756 valence electrons. The number of nitrogens with one attached hydrogen (secondary N) is 18. The molecule has 52 heteroatoms. The summed E-state index contributed by atoms with van der Waals surface area (Å²) in [6.07, 6.45) is -7.16. The molecule has 20 atom stereocenters. The van der Waals surface area contributed by atoms with Crippen molar-refractivity contribution in [2.75, 3.05) is 51.6 Å². The van der Waals surface area contributed by atoms with Crippen molar-refractivity contribution < 1.29 is 112 Å². The lowest BCUT2D eigenvalue weighted by molar-refractivity contribution is -0.142. The van der Waals surface area contributed by atoms with Crippen molar-refractivity contribution in [2.45, 2.75) is 265 Å². The van der Waals surface area contributed by atoms with Gasteiger partial charge in [-0.05, 0) is 152 Å². The van der Waals surface area contributed by atoms with Gasteiger partial charge in [-0.1, -0.05) is 58.4 Å². The summed E-state index contributed by atoms with van der Waals surface area (Å²) >= 11 is 8.84. The van der Waals surface area contributed by atoms with Crippen molar-refractivity contribution >= 4 is 138 Å². The monoisotopic (exact) mass is 1950 g/mol. The van der Waals surface area contributed by atoms with Gasteiger partial charge in [-0.2, -0.15) is 25.3 Å². The smallest absolute Gasteiger partial charge is 0.326 e. The number of aliphatic carboxylic acids is 1. The highest BCUT2D eigenvalue weighted by molar-refractivity contribution is 7.81. The van der Waals surface area contributed by atoms with E-state index in [2.05, 4.69) is 110 Å². The van der Waals surface area contributed by atoms with Gasteiger partial charge < -0.3 is 166 Å². The van der Waals surface area contributed by atoms with Gasteiger partial charge in [0.1, 0.15) is 102 Å². The molecule has 0 saturated carbocycles. The number of hydrogen-bond acceptors (Lipinski definition) is 31. The van der Waals surface area contributed by atoms with Crippen LogP contribution in [0.5, 0.6) is 11.5 Å². The molecule has 1 heterocycles. The van der Waals surface area contributed by atoms with E-state index < -0.39 is 270 Å². The molecule has 1 aliphatic heterocycles. The Morgan fingerprint density at radius 3 is 1.22 bits per heavy atom. The number of phenolic OH excluding ortho intramolecular Hbond substituents is 2. The number of carboxylic acids is 1. The van der Waals surface area contributed by atoms with Crippen LogP contribution in [0.15, 0.2) is 48.5 Å². The largest absolute Gasteiger partial charge is 0.508 e. The Kier molecular flexibility index (Phi) is 50.6. The molecule has 0 radical (unpaired) electrons. The third-order valence-corrected chi connectivity index (χ3v) is 22.4. The number of aliphatic hydroxyl groups is 3. The first-order chi connectivity index (χ1) is 63.4. The lowest BCUT2D eigenvalue weighted by atomic mass is 9.96. The molecule has 1 saturated heterocycles. The number of hydrogen-bond donors (Lipinski definition) is 34. The van der Waals surface area contributed by atoms with E-state index in [1.165, 1.54) is 62.4 Å². The summed E-state index contributed by atoms with van der Waals surface area (Å²) in [4.78, 5) is 240. The fourth-order valence-corrected chi connectivity index (χ4v) is 14.2. The number of nitrogens with zero attached hydrogens (tertiary/aromatic N) is 1. The summed E-state index contributed by atoms with van der Waals surface area (Å²) < 4.78 is -1.65. The van der Waals surface area contributed by atoms with Gasteiger partial charge >= 0.3 is 5.97 Å². The van der Waals surface area contributed by atoms with Crippen LogP contribution in [0, 0.1) is 22.7 Å². The average Bonchev–Trinajstić information content (AvgIpc) is 1.72. The molecular weight excluding hydrogens is 1810 g/mol. The van der Waals surface area contributed by atoms with Crippen LogP contribution < -0.4 is 131 Å². The van der Waals surface area contributed by atoms with Crippen LogP contribution in [0.4, 0.5) is 0 Å². The van der Waals surface area contributed by atoms with Gasteiger partial charge in [0.15, 0.2) is 11.9 Å². The van der Waals surface area contributed by atoms with Crippen LogP contribution in [0.1, 0.15) is 144 Å². The second-order valence-corrected chi connectivity index (χ2v) is 35.3. The SMILES string of the molecule is CC[C@H](C)[C@H](NC(=O)[C@@H]1C[C@@H](O)CN1C(=O)[C@@H](N)C(C)C)C(=O)N[C@H](C(=O)N[C@@H](Cc1ccc(O)cc1)C(=O)N[C@H](C(=O)N[C@@H](CC(N)=O)C(=O)N[C@@H](CCCNC(=N)N)C(=O)N[C@@H](CCN)C(=O)N[C@H](C(=O)N[C@H](CN)C(=O)N[C@@H](CCCCN)C(=O)N[C@@H](CS)C(=O)N[C@@H](CCN)C(=O)N[C@@H](CCCNC(=N)N)C(=O)N[C@@H](Cc1ccc(O)cc1)C(=O)O)[C@@H](C)O)C(C)(C)S)[C@@H](C)O. The molecular formula is C83H139N27O23S2. The Hall–Kier alpha value is -12.0. The number of rotatable bonds is 60. The lowest BCUT2D eigenvalue weighted by Crippen LogP contribution is -2.64. The van der Waals surface area contributed by atoms with Gasteiger partial charge in [0, 0.05) is 55.9 Å². The maximum Gasteiger partial charge on any atom is 0.326 e. The zero-order valence-electron chi connectivity index (χ0n) is 76.9. The molecule has 50 nitrogen and oxygen atoms in total. The Morgan fingerprint density at radius 1 is 0.467 bits per heavy atom. The number of primary amides is 1. The molecule has 135 heavy (non-hydrogen) atoms. The van der Waals surface area contributed by atoms with Gasteiger partial charge in [0.25, 0.3) is 0 Å². The van der Waals surface area contributed by atoms with Gasteiger partial charge in [0.2, 0.25) is 94.5 Å². The predicted octanol–water partition coefficient (Wildman–Crippen LogP) is -10.7. The number of unbranched alkanes of at least 4 members (excludes halogenated alkanes) is 1. The number of benzene rings is 2. The molecule has 0 aromatic heterocycles. The number of nitrogens with two attached hydrogens (primary N) is 8. The number of amides is 16. The highest BCUT2D eigenvalue weighted by Gasteiger charge is 2.46. The standard InChI is InChI=1S/C83H139N27O23S2/c1-9-40(4)61(106-74(126)58-34-47(115)37-110(58)79(131)60(89)39(2)3)75(127)108-63(42(6)112)76(128)101-53(32-43-17-21-45(113)22-18-43)71(123)109-64(83(7,8)135)78(130)102-54(35-59(88)116)70(122)97-49(15-12-30-94-81(90)91)65(117)99-52(26-29-86)69(121)107-62(41(5)111)77(129)104-56(36-87)72(124)98-48(14-10-11-27-84)67(119)105-57(38-134)73(125)100-51(25-28-85)68(120)96-50(16-13-31-95-82(92)93)66(118)103-55(80(132)133)33-44-19-23-46(114)24-20-44/h17-24,39-42,47-58,60-64,111-115,134-135H,9-16,25-38,84-87,89H2,1-8H3,(H2,88,116)(H,96,120)(H,97,122)(H,98,124)(H,99,117)(H,100,125)(H,101,128)(H,102,130)(H,103,118)(H,104,129)(H,105,119)(H,106,126)(H,107,121)(H,108,127)(H,109,123)(H,132,133)(H4,90,91,94)(H4,92,93,95)/t40-,41+,42+,47+,48-,49-,50-,51-,52-,53-,54-,55-,56+,57-,58-,60-,61-,62-,63-,64+/m0/s1. The fraction of sp³-hybridized carbons (Fsp3) is 0.627. The minimum Gasteiger partial charge on any atom is -0.508 e. The molecule has 0 unspecified atom stereocenters.